The molecule has 1 N–H and O–H groups in total. The Balaban J connectivity index is 1.56. The number of piperidine rings is 1. The maximum Gasteiger partial charge on any atom is 0.406 e. The standard InChI is InChI=1S/C24H25F3N4/c1-2-3-6-19-15-21-22(8-4-9-23(21)31(19)17-24(25,26)27)29-18-10-13-30(14-11-18)20-7-5-12-28-16-20/h4-5,7-9,12,15-16,18,29H,2,10-11,13-14,17H2,1H3. The summed E-state index contributed by atoms with van der Waals surface area (Å²) in [5.41, 5.74) is 2.93. The average molecular weight is 426 g/mol. The van der Waals surface area contributed by atoms with E-state index in [1.165, 1.54) is 4.57 Å². The molecule has 1 aliphatic rings. The van der Waals surface area contributed by atoms with Crippen molar-refractivity contribution in [2.45, 2.75) is 44.9 Å². The van der Waals surface area contributed by atoms with Gasteiger partial charge in [-0.1, -0.05) is 18.9 Å². The molecule has 3 heterocycles. The van der Waals surface area contributed by atoms with E-state index in [2.05, 4.69) is 33.1 Å². The van der Waals surface area contributed by atoms with E-state index in [0.717, 1.165) is 42.7 Å². The second-order valence-electron chi connectivity index (χ2n) is 7.74. The Morgan fingerprint density at radius 2 is 1.97 bits per heavy atom. The molecule has 1 aromatic carbocycles. The highest BCUT2D eigenvalue weighted by molar-refractivity contribution is 5.94. The van der Waals surface area contributed by atoms with Crippen LogP contribution in [0.4, 0.5) is 24.5 Å². The number of halogens is 3. The van der Waals surface area contributed by atoms with Gasteiger partial charge in [0.15, 0.2) is 0 Å². The molecule has 0 amide bonds. The van der Waals surface area contributed by atoms with Gasteiger partial charge in [-0.25, -0.2) is 0 Å². The third-order valence-electron chi connectivity index (χ3n) is 5.54. The summed E-state index contributed by atoms with van der Waals surface area (Å²) in [5, 5.41) is 4.35. The van der Waals surface area contributed by atoms with Gasteiger partial charge in [-0.05, 0) is 49.1 Å². The fraction of sp³-hybridized carbons (Fsp3) is 0.375. The summed E-state index contributed by atoms with van der Waals surface area (Å²) in [4.78, 5) is 6.50. The van der Waals surface area contributed by atoms with Crippen LogP contribution < -0.4 is 10.2 Å². The monoisotopic (exact) mass is 426 g/mol. The van der Waals surface area contributed by atoms with E-state index in [-0.39, 0.29) is 6.04 Å². The lowest BCUT2D eigenvalue weighted by Crippen LogP contribution is -2.39. The van der Waals surface area contributed by atoms with Crippen LogP contribution in [0.1, 0.15) is 31.9 Å². The lowest BCUT2D eigenvalue weighted by molar-refractivity contribution is -0.140. The molecule has 7 heteroatoms. The number of nitrogens with one attached hydrogen (secondary N) is 1. The molecule has 1 aliphatic heterocycles. The summed E-state index contributed by atoms with van der Waals surface area (Å²) in [6.07, 6.45) is 1.80. The number of anilines is 2. The van der Waals surface area contributed by atoms with E-state index in [4.69, 9.17) is 0 Å². The van der Waals surface area contributed by atoms with Gasteiger partial charge in [0, 0.05) is 42.8 Å². The van der Waals surface area contributed by atoms with Gasteiger partial charge in [0.25, 0.3) is 0 Å². The minimum Gasteiger partial charge on any atom is -0.382 e. The van der Waals surface area contributed by atoms with Crippen LogP contribution in [-0.2, 0) is 6.54 Å². The summed E-state index contributed by atoms with van der Waals surface area (Å²) in [6.45, 7) is 2.65. The van der Waals surface area contributed by atoms with Gasteiger partial charge < -0.3 is 14.8 Å². The van der Waals surface area contributed by atoms with Crippen molar-refractivity contribution in [3.8, 4) is 11.8 Å². The van der Waals surface area contributed by atoms with Gasteiger partial charge in [-0.15, -0.1) is 0 Å². The molecule has 2 aromatic heterocycles. The molecule has 3 aromatic rings. The Labute approximate surface area is 180 Å². The Kier molecular flexibility index (Phi) is 6.08. The Hall–Kier alpha value is -3.14. The maximum atomic E-state index is 13.2. The second kappa shape index (κ2) is 8.93. The van der Waals surface area contributed by atoms with E-state index < -0.39 is 12.7 Å². The number of rotatable bonds is 4. The average Bonchev–Trinajstić information content (AvgIpc) is 3.10. The Morgan fingerprint density at radius 3 is 2.65 bits per heavy atom. The predicted molar refractivity (Wildman–Crippen MR) is 118 cm³/mol. The van der Waals surface area contributed by atoms with Gasteiger partial charge >= 0.3 is 6.18 Å². The third-order valence-corrected chi connectivity index (χ3v) is 5.54. The van der Waals surface area contributed by atoms with Crippen molar-refractivity contribution in [3.63, 3.8) is 0 Å². The van der Waals surface area contributed by atoms with Gasteiger partial charge in [-0.2, -0.15) is 13.2 Å². The molecule has 0 radical (unpaired) electrons. The summed E-state index contributed by atoms with van der Waals surface area (Å²) < 4.78 is 40.9. The van der Waals surface area contributed by atoms with Crippen molar-refractivity contribution in [2.75, 3.05) is 23.3 Å². The number of alkyl halides is 3. The summed E-state index contributed by atoms with van der Waals surface area (Å²) >= 11 is 0. The van der Waals surface area contributed by atoms with Crippen molar-refractivity contribution in [3.05, 3.63) is 54.5 Å². The molecule has 4 nitrogen and oxygen atoms in total. The van der Waals surface area contributed by atoms with Gasteiger partial charge in [0.2, 0.25) is 0 Å². The number of benzene rings is 1. The molecule has 31 heavy (non-hydrogen) atoms. The number of aromatic nitrogens is 2. The fourth-order valence-corrected chi connectivity index (χ4v) is 4.09. The molecule has 1 saturated heterocycles. The summed E-state index contributed by atoms with van der Waals surface area (Å²) in [6, 6.07) is 11.5. The van der Waals surface area contributed by atoms with Crippen LogP contribution in [-0.4, -0.2) is 34.9 Å². The lowest BCUT2D eigenvalue weighted by atomic mass is 10.0. The second-order valence-corrected chi connectivity index (χ2v) is 7.74. The van der Waals surface area contributed by atoms with E-state index in [9.17, 15) is 13.2 Å². The molecule has 162 valence electrons. The van der Waals surface area contributed by atoms with Crippen molar-refractivity contribution in [2.24, 2.45) is 0 Å². The zero-order valence-corrected chi connectivity index (χ0v) is 17.4. The molecule has 4 rings (SSSR count). The smallest absolute Gasteiger partial charge is 0.382 e. The van der Waals surface area contributed by atoms with Crippen molar-refractivity contribution in [1.82, 2.24) is 9.55 Å². The van der Waals surface area contributed by atoms with Crippen molar-refractivity contribution < 1.29 is 13.2 Å². The minimum atomic E-state index is -4.31. The number of hydrogen-bond donors (Lipinski definition) is 1. The van der Waals surface area contributed by atoms with Crippen LogP contribution in [0, 0.1) is 11.8 Å². The van der Waals surface area contributed by atoms with E-state index >= 15 is 0 Å². The van der Waals surface area contributed by atoms with E-state index in [1.807, 2.05) is 25.3 Å². The first-order chi connectivity index (χ1) is 14.9. The molecular formula is C24H25F3N4. The van der Waals surface area contributed by atoms with Gasteiger partial charge in [0.1, 0.15) is 6.54 Å². The largest absolute Gasteiger partial charge is 0.406 e. The van der Waals surface area contributed by atoms with Crippen molar-refractivity contribution >= 4 is 22.3 Å². The molecule has 0 atom stereocenters. The van der Waals surface area contributed by atoms with Crippen LogP contribution in [0.25, 0.3) is 10.9 Å². The molecule has 0 unspecified atom stereocenters. The highest BCUT2D eigenvalue weighted by Crippen LogP contribution is 2.31. The Morgan fingerprint density at radius 1 is 1.16 bits per heavy atom. The van der Waals surface area contributed by atoms with Gasteiger partial charge in [0.05, 0.1) is 23.1 Å². The van der Waals surface area contributed by atoms with E-state index in [0.29, 0.717) is 17.6 Å². The molecule has 0 saturated carbocycles. The topological polar surface area (TPSA) is 33.1 Å². The predicted octanol–water partition coefficient (Wildman–Crippen LogP) is 5.44. The first kappa shape index (κ1) is 21.1. The molecule has 0 bridgehead atoms. The summed E-state index contributed by atoms with van der Waals surface area (Å²) in [7, 11) is 0. The Bertz CT molecular complexity index is 1080. The van der Waals surface area contributed by atoms with Crippen molar-refractivity contribution in [1.29, 1.82) is 0 Å². The van der Waals surface area contributed by atoms with Crippen LogP contribution in [0.3, 0.4) is 0 Å². The third kappa shape index (κ3) is 4.96. The quantitative estimate of drug-likeness (QED) is 0.564. The van der Waals surface area contributed by atoms with Crippen LogP contribution in [0.2, 0.25) is 0 Å². The molecule has 0 aliphatic carbocycles. The van der Waals surface area contributed by atoms with E-state index in [1.54, 1.807) is 24.4 Å². The molecule has 0 spiro atoms. The number of fused-ring (bicyclic) bond motifs is 1. The SMILES string of the molecule is CCC#Cc1cc2c(NC3CCN(c4cccnc4)CC3)cccc2n1CC(F)(F)F. The first-order valence-electron chi connectivity index (χ1n) is 10.5. The molecule has 1 fully saturated rings. The number of nitrogens with zero attached hydrogens (tertiary/aromatic N) is 3. The number of pyridine rings is 1. The minimum absolute atomic E-state index is 0.259. The van der Waals surface area contributed by atoms with Crippen LogP contribution in [0.15, 0.2) is 48.8 Å². The highest BCUT2D eigenvalue weighted by atomic mass is 19.4. The van der Waals surface area contributed by atoms with Crippen LogP contribution in [0.5, 0.6) is 0 Å². The lowest BCUT2D eigenvalue weighted by Gasteiger charge is -2.34. The zero-order chi connectivity index (χ0) is 21.8. The maximum absolute atomic E-state index is 13.2. The van der Waals surface area contributed by atoms with Gasteiger partial charge in [-0.3, -0.25) is 4.98 Å². The van der Waals surface area contributed by atoms with Crippen LogP contribution >= 0.6 is 0 Å². The highest BCUT2D eigenvalue weighted by Gasteiger charge is 2.30. The summed E-state index contributed by atoms with van der Waals surface area (Å²) in [5.74, 6) is 5.81. The normalized spacial score (nSPS) is 15.0. The molecular weight excluding hydrogens is 401 g/mol. The zero-order valence-electron chi connectivity index (χ0n) is 17.4. The number of hydrogen-bond acceptors (Lipinski definition) is 3. The fourth-order valence-electron chi connectivity index (χ4n) is 4.09. The first-order valence-corrected chi connectivity index (χ1v) is 10.5.